The third-order valence-corrected chi connectivity index (χ3v) is 4.00. The number of ether oxygens (including phenoxy) is 2. The minimum absolute atomic E-state index is 0.583. The molecule has 2 aromatic rings. The summed E-state index contributed by atoms with van der Waals surface area (Å²) < 4.78 is 12.5. The van der Waals surface area contributed by atoms with Gasteiger partial charge in [-0.25, -0.2) is 0 Å². The highest BCUT2D eigenvalue weighted by molar-refractivity contribution is 9.10. The molecule has 1 saturated heterocycles. The van der Waals surface area contributed by atoms with Gasteiger partial charge in [-0.05, 0) is 23.8 Å². The molecule has 2 aromatic carbocycles. The van der Waals surface area contributed by atoms with Gasteiger partial charge >= 0.3 is 0 Å². The minimum atomic E-state index is 0.583. The summed E-state index contributed by atoms with van der Waals surface area (Å²) in [6, 6.07) is 16.4. The van der Waals surface area contributed by atoms with Crippen LogP contribution in [0.5, 0.6) is 5.75 Å². The van der Waals surface area contributed by atoms with Gasteiger partial charge in [-0.3, -0.25) is 0 Å². The fourth-order valence-corrected chi connectivity index (χ4v) is 2.75. The number of nitrogens with zero attached hydrogens (tertiary/aromatic N) is 1. The second kappa shape index (κ2) is 6.96. The first kappa shape index (κ1) is 14.4. The number of anilines is 1. The normalized spacial score (nSPS) is 15.0. The summed E-state index contributed by atoms with van der Waals surface area (Å²) in [4.78, 5) is 2.31. The summed E-state index contributed by atoms with van der Waals surface area (Å²) in [7, 11) is 0. The van der Waals surface area contributed by atoms with Gasteiger partial charge in [0, 0.05) is 17.6 Å². The predicted molar refractivity (Wildman–Crippen MR) is 87.9 cm³/mol. The quantitative estimate of drug-likeness (QED) is 0.837. The van der Waals surface area contributed by atoms with Crippen LogP contribution in [0.1, 0.15) is 5.56 Å². The summed E-state index contributed by atoms with van der Waals surface area (Å²) in [6.07, 6.45) is 0. The Balaban J connectivity index is 1.77. The molecule has 110 valence electrons. The maximum Gasteiger partial charge on any atom is 0.143 e. The van der Waals surface area contributed by atoms with Crippen molar-refractivity contribution < 1.29 is 9.47 Å². The van der Waals surface area contributed by atoms with Gasteiger partial charge in [0.15, 0.2) is 0 Å². The van der Waals surface area contributed by atoms with E-state index in [0.717, 1.165) is 42.2 Å². The molecule has 1 fully saturated rings. The van der Waals surface area contributed by atoms with Crippen molar-refractivity contribution in [2.45, 2.75) is 6.61 Å². The molecule has 0 N–H and O–H groups in total. The Labute approximate surface area is 133 Å². The van der Waals surface area contributed by atoms with Crippen molar-refractivity contribution in [1.29, 1.82) is 0 Å². The van der Waals surface area contributed by atoms with E-state index in [9.17, 15) is 0 Å². The first-order chi connectivity index (χ1) is 10.3. The zero-order valence-electron chi connectivity index (χ0n) is 11.8. The highest BCUT2D eigenvalue weighted by Crippen LogP contribution is 2.32. The highest BCUT2D eigenvalue weighted by atomic mass is 79.9. The average molecular weight is 348 g/mol. The lowest BCUT2D eigenvalue weighted by molar-refractivity contribution is 0.122. The molecule has 4 heteroatoms. The Morgan fingerprint density at radius 3 is 2.57 bits per heavy atom. The smallest absolute Gasteiger partial charge is 0.143 e. The topological polar surface area (TPSA) is 21.7 Å². The molecule has 0 unspecified atom stereocenters. The van der Waals surface area contributed by atoms with Gasteiger partial charge in [-0.15, -0.1) is 0 Å². The van der Waals surface area contributed by atoms with Gasteiger partial charge in [-0.2, -0.15) is 0 Å². The van der Waals surface area contributed by atoms with Crippen LogP contribution in [0.15, 0.2) is 53.0 Å². The van der Waals surface area contributed by atoms with Gasteiger partial charge in [0.2, 0.25) is 0 Å². The maximum atomic E-state index is 6.03. The van der Waals surface area contributed by atoms with Crippen molar-refractivity contribution in [3.63, 3.8) is 0 Å². The molecule has 3 rings (SSSR count). The van der Waals surface area contributed by atoms with E-state index >= 15 is 0 Å². The van der Waals surface area contributed by atoms with E-state index in [4.69, 9.17) is 9.47 Å². The zero-order chi connectivity index (χ0) is 14.5. The fraction of sp³-hybridized carbons (Fsp3) is 0.294. The number of morpholine rings is 1. The molecule has 0 amide bonds. The Hall–Kier alpha value is -1.52. The van der Waals surface area contributed by atoms with Crippen molar-refractivity contribution in [2.24, 2.45) is 0 Å². The minimum Gasteiger partial charge on any atom is -0.487 e. The molecule has 0 saturated carbocycles. The lowest BCUT2D eigenvalue weighted by Crippen LogP contribution is -2.36. The summed E-state index contributed by atoms with van der Waals surface area (Å²) in [6.45, 7) is 3.92. The molecule has 21 heavy (non-hydrogen) atoms. The first-order valence-corrected chi connectivity index (χ1v) is 7.91. The van der Waals surface area contributed by atoms with Crippen molar-refractivity contribution in [2.75, 3.05) is 31.2 Å². The number of hydrogen-bond acceptors (Lipinski definition) is 3. The molecule has 1 heterocycles. The molecule has 0 atom stereocenters. The van der Waals surface area contributed by atoms with E-state index in [-0.39, 0.29) is 0 Å². The van der Waals surface area contributed by atoms with Crippen LogP contribution in [-0.4, -0.2) is 26.3 Å². The number of hydrogen-bond donors (Lipinski definition) is 0. The van der Waals surface area contributed by atoms with Crippen molar-refractivity contribution in [3.05, 3.63) is 58.6 Å². The number of rotatable bonds is 4. The molecule has 3 nitrogen and oxygen atoms in total. The van der Waals surface area contributed by atoms with E-state index in [1.807, 2.05) is 30.3 Å². The monoisotopic (exact) mass is 347 g/mol. The van der Waals surface area contributed by atoms with Gasteiger partial charge < -0.3 is 14.4 Å². The third-order valence-electron chi connectivity index (χ3n) is 3.51. The van der Waals surface area contributed by atoms with Crippen LogP contribution >= 0.6 is 15.9 Å². The van der Waals surface area contributed by atoms with Crippen LogP contribution in [0.4, 0.5) is 5.69 Å². The SMILES string of the molecule is Brc1ccc(OCc2ccccc2)c(N2CCOCC2)c1. The van der Waals surface area contributed by atoms with E-state index < -0.39 is 0 Å². The predicted octanol–water partition coefficient (Wildman–Crippen LogP) is 3.86. The highest BCUT2D eigenvalue weighted by Gasteiger charge is 2.16. The van der Waals surface area contributed by atoms with Crippen LogP contribution in [0.3, 0.4) is 0 Å². The summed E-state index contributed by atoms with van der Waals surface area (Å²) in [5, 5.41) is 0. The Kier molecular flexibility index (Phi) is 4.78. The lowest BCUT2D eigenvalue weighted by atomic mass is 10.2. The van der Waals surface area contributed by atoms with Crippen LogP contribution in [-0.2, 0) is 11.3 Å². The van der Waals surface area contributed by atoms with Crippen molar-refractivity contribution in [3.8, 4) is 5.75 Å². The fourth-order valence-electron chi connectivity index (χ4n) is 2.40. The molecular formula is C17H18BrNO2. The van der Waals surface area contributed by atoms with Gasteiger partial charge in [-0.1, -0.05) is 46.3 Å². The van der Waals surface area contributed by atoms with E-state index in [1.54, 1.807) is 0 Å². The summed E-state index contributed by atoms with van der Waals surface area (Å²) in [5.74, 6) is 0.920. The van der Waals surface area contributed by atoms with E-state index in [0.29, 0.717) is 6.61 Å². The summed E-state index contributed by atoms with van der Waals surface area (Å²) in [5.41, 5.74) is 2.30. The van der Waals surface area contributed by atoms with Crippen molar-refractivity contribution >= 4 is 21.6 Å². The van der Waals surface area contributed by atoms with E-state index in [2.05, 4.69) is 39.0 Å². The van der Waals surface area contributed by atoms with Gasteiger partial charge in [0.1, 0.15) is 12.4 Å². The average Bonchev–Trinajstić information content (AvgIpc) is 2.55. The standard InChI is InChI=1S/C17H18BrNO2/c18-15-6-7-17(21-13-14-4-2-1-3-5-14)16(12-15)19-8-10-20-11-9-19/h1-7,12H,8-11,13H2. The van der Waals surface area contributed by atoms with Crippen molar-refractivity contribution in [1.82, 2.24) is 0 Å². The Morgan fingerprint density at radius 2 is 1.81 bits per heavy atom. The number of benzene rings is 2. The second-order valence-corrected chi connectivity index (χ2v) is 5.90. The van der Waals surface area contributed by atoms with E-state index in [1.165, 1.54) is 5.56 Å². The Bertz CT molecular complexity index is 583. The largest absolute Gasteiger partial charge is 0.487 e. The second-order valence-electron chi connectivity index (χ2n) is 4.99. The van der Waals surface area contributed by atoms with Crippen LogP contribution in [0.25, 0.3) is 0 Å². The maximum absolute atomic E-state index is 6.03. The van der Waals surface area contributed by atoms with Gasteiger partial charge in [0.25, 0.3) is 0 Å². The van der Waals surface area contributed by atoms with Crippen LogP contribution in [0.2, 0.25) is 0 Å². The van der Waals surface area contributed by atoms with Gasteiger partial charge in [0.05, 0.1) is 18.9 Å². The van der Waals surface area contributed by atoms with Crippen LogP contribution in [0, 0.1) is 0 Å². The Morgan fingerprint density at radius 1 is 1.05 bits per heavy atom. The molecule has 1 aliphatic rings. The molecule has 0 spiro atoms. The molecular weight excluding hydrogens is 330 g/mol. The molecule has 1 aliphatic heterocycles. The summed E-state index contributed by atoms with van der Waals surface area (Å²) >= 11 is 3.55. The molecule has 0 bridgehead atoms. The number of halogens is 1. The lowest BCUT2D eigenvalue weighted by Gasteiger charge is -2.30. The zero-order valence-corrected chi connectivity index (χ0v) is 13.4. The first-order valence-electron chi connectivity index (χ1n) is 7.12. The third kappa shape index (κ3) is 3.77. The molecule has 0 radical (unpaired) electrons. The molecule has 0 aliphatic carbocycles. The van der Waals surface area contributed by atoms with Crippen LogP contribution < -0.4 is 9.64 Å². The molecule has 0 aromatic heterocycles.